The molecule has 4 rings (SSSR count). The molecule has 0 unspecified atom stereocenters. The molecule has 24 heavy (non-hydrogen) atoms. The molecular formula is C20H16N2OS. The fraction of sp³-hybridized carbons (Fsp3) is 0.0500. The molecule has 1 aromatic carbocycles. The fourth-order valence-electron chi connectivity index (χ4n) is 2.57. The van der Waals surface area contributed by atoms with E-state index in [-0.39, 0.29) is 0 Å². The summed E-state index contributed by atoms with van der Waals surface area (Å²) >= 11 is 1.73. The number of thiophene rings is 1. The van der Waals surface area contributed by atoms with E-state index in [1.165, 1.54) is 4.88 Å². The van der Waals surface area contributed by atoms with E-state index in [0.29, 0.717) is 0 Å². The average molecular weight is 332 g/mol. The lowest BCUT2D eigenvalue weighted by molar-refractivity contribution is 0.415. The molecule has 118 valence electrons. The van der Waals surface area contributed by atoms with Crippen LogP contribution in [0.5, 0.6) is 5.75 Å². The van der Waals surface area contributed by atoms with Gasteiger partial charge in [-0.15, -0.1) is 11.3 Å². The molecule has 4 heteroatoms. The zero-order valence-corrected chi connectivity index (χ0v) is 14.0. The number of rotatable bonds is 4. The first-order valence-electron chi connectivity index (χ1n) is 7.66. The van der Waals surface area contributed by atoms with Crippen molar-refractivity contribution in [2.24, 2.45) is 0 Å². The van der Waals surface area contributed by atoms with E-state index in [4.69, 9.17) is 9.72 Å². The normalized spacial score (nSPS) is 11.4. The van der Waals surface area contributed by atoms with Gasteiger partial charge in [0.2, 0.25) is 0 Å². The molecule has 0 radical (unpaired) electrons. The van der Waals surface area contributed by atoms with Crippen molar-refractivity contribution in [1.82, 2.24) is 9.38 Å². The molecule has 0 spiro atoms. The second kappa shape index (κ2) is 6.34. The number of hydrogen-bond donors (Lipinski definition) is 0. The van der Waals surface area contributed by atoms with Crippen LogP contribution in [0.4, 0.5) is 0 Å². The van der Waals surface area contributed by atoms with Crippen LogP contribution in [0.3, 0.4) is 0 Å². The van der Waals surface area contributed by atoms with E-state index in [1.807, 2.05) is 41.1 Å². The van der Waals surface area contributed by atoms with Gasteiger partial charge < -0.3 is 9.14 Å². The maximum absolute atomic E-state index is 5.20. The highest BCUT2D eigenvalue weighted by atomic mass is 32.1. The van der Waals surface area contributed by atoms with Gasteiger partial charge in [-0.1, -0.05) is 12.1 Å². The number of benzene rings is 1. The van der Waals surface area contributed by atoms with Crippen LogP contribution in [0.15, 0.2) is 66.3 Å². The average Bonchev–Trinajstić information content (AvgIpc) is 3.29. The topological polar surface area (TPSA) is 26.5 Å². The van der Waals surface area contributed by atoms with Crippen LogP contribution in [0, 0.1) is 0 Å². The summed E-state index contributed by atoms with van der Waals surface area (Å²) in [7, 11) is 1.67. The molecule has 0 aliphatic carbocycles. The molecule has 3 nitrogen and oxygen atoms in total. The Kier molecular flexibility index (Phi) is 3.89. The number of methoxy groups -OCH3 is 1. The number of hydrogen-bond acceptors (Lipinski definition) is 3. The Balaban J connectivity index is 1.65. The second-order valence-electron chi connectivity index (χ2n) is 5.43. The number of ether oxygens (including phenoxy) is 1. The van der Waals surface area contributed by atoms with E-state index >= 15 is 0 Å². The molecule has 0 aliphatic heterocycles. The van der Waals surface area contributed by atoms with Gasteiger partial charge in [0.05, 0.1) is 12.8 Å². The van der Waals surface area contributed by atoms with E-state index in [9.17, 15) is 0 Å². The van der Waals surface area contributed by atoms with Crippen molar-refractivity contribution < 1.29 is 4.74 Å². The monoisotopic (exact) mass is 332 g/mol. The summed E-state index contributed by atoms with van der Waals surface area (Å²) in [6.07, 6.45) is 8.34. The van der Waals surface area contributed by atoms with Crippen LogP contribution in [0.1, 0.15) is 10.4 Å². The lowest BCUT2D eigenvalue weighted by Gasteiger charge is -1.99. The molecule has 0 saturated heterocycles. The third kappa shape index (κ3) is 2.96. The van der Waals surface area contributed by atoms with Crippen molar-refractivity contribution >= 4 is 29.1 Å². The highest BCUT2D eigenvalue weighted by Crippen LogP contribution is 2.23. The minimum Gasteiger partial charge on any atom is -0.497 e. The van der Waals surface area contributed by atoms with Crippen LogP contribution >= 0.6 is 11.3 Å². The zero-order chi connectivity index (χ0) is 16.4. The van der Waals surface area contributed by atoms with Crippen molar-refractivity contribution in [3.8, 4) is 17.0 Å². The van der Waals surface area contributed by atoms with Crippen molar-refractivity contribution in [3.63, 3.8) is 0 Å². The Labute approximate surface area is 144 Å². The third-order valence-electron chi connectivity index (χ3n) is 3.85. The fourth-order valence-corrected chi connectivity index (χ4v) is 3.18. The molecular weight excluding hydrogens is 316 g/mol. The van der Waals surface area contributed by atoms with E-state index in [0.717, 1.165) is 28.2 Å². The van der Waals surface area contributed by atoms with Crippen molar-refractivity contribution in [2.45, 2.75) is 0 Å². The van der Waals surface area contributed by atoms with Crippen molar-refractivity contribution in [2.75, 3.05) is 7.11 Å². The lowest BCUT2D eigenvalue weighted by atomic mass is 10.2. The third-order valence-corrected chi connectivity index (χ3v) is 4.69. The Bertz CT molecular complexity index is 982. The molecule has 0 N–H and O–H groups in total. The van der Waals surface area contributed by atoms with Crippen LogP contribution < -0.4 is 4.74 Å². The van der Waals surface area contributed by atoms with Gasteiger partial charge in [0.1, 0.15) is 11.4 Å². The SMILES string of the molecule is COc1ccc(-c2cn3ccc(/C=C/c4cccs4)cc3n2)cc1. The predicted octanol–water partition coefficient (Wildman–Crippen LogP) is 5.24. The Morgan fingerprint density at radius 2 is 1.96 bits per heavy atom. The van der Waals surface area contributed by atoms with E-state index in [2.05, 4.69) is 41.8 Å². The summed E-state index contributed by atoms with van der Waals surface area (Å²) in [5, 5.41) is 2.08. The summed E-state index contributed by atoms with van der Waals surface area (Å²) in [5.41, 5.74) is 4.11. The minimum atomic E-state index is 0.850. The minimum absolute atomic E-state index is 0.850. The van der Waals surface area contributed by atoms with Crippen molar-refractivity contribution in [1.29, 1.82) is 0 Å². The molecule has 3 aromatic heterocycles. The van der Waals surface area contributed by atoms with Gasteiger partial charge in [0, 0.05) is 22.8 Å². The van der Waals surface area contributed by atoms with E-state index in [1.54, 1.807) is 18.4 Å². The second-order valence-corrected chi connectivity index (χ2v) is 6.41. The summed E-state index contributed by atoms with van der Waals surface area (Å²) < 4.78 is 7.25. The lowest BCUT2D eigenvalue weighted by Crippen LogP contribution is -1.82. The van der Waals surface area contributed by atoms with Gasteiger partial charge >= 0.3 is 0 Å². The summed E-state index contributed by atoms with van der Waals surface area (Å²) in [6, 6.07) is 16.3. The smallest absolute Gasteiger partial charge is 0.138 e. The van der Waals surface area contributed by atoms with Gasteiger partial charge in [-0.2, -0.15) is 0 Å². The van der Waals surface area contributed by atoms with Crippen LogP contribution in [-0.2, 0) is 0 Å². The molecule has 0 bridgehead atoms. The number of pyridine rings is 1. The van der Waals surface area contributed by atoms with E-state index < -0.39 is 0 Å². The Morgan fingerprint density at radius 3 is 2.71 bits per heavy atom. The van der Waals surface area contributed by atoms with Gasteiger partial charge in [0.15, 0.2) is 0 Å². The first kappa shape index (κ1) is 14.7. The van der Waals surface area contributed by atoms with Crippen molar-refractivity contribution in [3.05, 3.63) is 76.7 Å². The molecule has 0 saturated carbocycles. The van der Waals surface area contributed by atoms with Gasteiger partial charge in [-0.3, -0.25) is 0 Å². The van der Waals surface area contributed by atoms with Crippen LogP contribution in [0.25, 0.3) is 29.1 Å². The first-order chi connectivity index (χ1) is 11.8. The van der Waals surface area contributed by atoms with Crippen LogP contribution in [0.2, 0.25) is 0 Å². The molecule has 0 aliphatic rings. The first-order valence-corrected chi connectivity index (χ1v) is 8.54. The molecule has 0 atom stereocenters. The Morgan fingerprint density at radius 1 is 1.08 bits per heavy atom. The summed E-state index contributed by atoms with van der Waals surface area (Å²) in [6.45, 7) is 0. The summed E-state index contributed by atoms with van der Waals surface area (Å²) in [5.74, 6) is 0.850. The maximum atomic E-state index is 5.20. The number of nitrogens with zero attached hydrogens (tertiary/aromatic N) is 2. The molecule has 4 aromatic rings. The molecule has 0 amide bonds. The van der Waals surface area contributed by atoms with Crippen LogP contribution in [-0.4, -0.2) is 16.5 Å². The van der Waals surface area contributed by atoms with Gasteiger partial charge in [0.25, 0.3) is 0 Å². The number of imidazole rings is 1. The number of fused-ring (bicyclic) bond motifs is 1. The highest BCUT2D eigenvalue weighted by molar-refractivity contribution is 7.10. The standard InChI is InChI=1S/C20H16N2OS/c1-23-17-7-5-16(6-8-17)19-14-22-11-10-15(13-20(22)21-19)4-9-18-3-2-12-24-18/h2-14H,1H3/b9-4+. The molecule has 0 fully saturated rings. The number of aromatic nitrogens is 2. The zero-order valence-electron chi connectivity index (χ0n) is 13.2. The Hall–Kier alpha value is -2.85. The molecule has 3 heterocycles. The highest BCUT2D eigenvalue weighted by Gasteiger charge is 2.05. The van der Waals surface area contributed by atoms with Gasteiger partial charge in [-0.05, 0) is 59.5 Å². The maximum Gasteiger partial charge on any atom is 0.138 e. The quantitative estimate of drug-likeness (QED) is 0.511. The summed E-state index contributed by atoms with van der Waals surface area (Å²) in [4.78, 5) is 5.98. The largest absolute Gasteiger partial charge is 0.497 e. The van der Waals surface area contributed by atoms with Gasteiger partial charge in [-0.25, -0.2) is 4.98 Å². The predicted molar refractivity (Wildman–Crippen MR) is 100 cm³/mol.